The van der Waals surface area contributed by atoms with Crippen LogP contribution in [0.15, 0.2) is 30.3 Å². The van der Waals surface area contributed by atoms with Crippen LogP contribution < -0.4 is 10.6 Å². The molecule has 4 aliphatic heterocycles. The first kappa shape index (κ1) is 37.0. The fourth-order valence-corrected chi connectivity index (χ4v) is 8.87. The Kier molecular flexibility index (Phi) is 9.37. The minimum atomic E-state index is -1.59. The van der Waals surface area contributed by atoms with Crippen molar-refractivity contribution in [2.24, 2.45) is 22.7 Å². The SMILES string of the molecule is CC(O)C(NC(=O)C12CC3OC(=O)C1N(Cc1cccc(C=CC(=O)OC4C(=O)OCC4(C)C)c1)OC2C1OC(C2CC2)(C2CC2)OC31)C(=O)NCCO. The average Bonchev–Trinajstić information content (AvgIpc) is 4.08. The third kappa shape index (κ3) is 6.30. The van der Waals surface area contributed by atoms with Gasteiger partial charge < -0.3 is 44.5 Å². The molecule has 16 heteroatoms. The second kappa shape index (κ2) is 13.7. The van der Waals surface area contributed by atoms with Crippen molar-refractivity contribution >= 4 is 35.8 Å². The molecule has 2 bridgehead atoms. The summed E-state index contributed by atoms with van der Waals surface area (Å²) in [5.41, 5.74) is -0.952. The summed E-state index contributed by atoms with van der Waals surface area (Å²) in [4.78, 5) is 73.3. The first-order chi connectivity index (χ1) is 25.8. The van der Waals surface area contributed by atoms with Crippen molar-refractivity contribution in [1.82, 2.24) is 15.7 Å². The summed E-state index contributed by atoms with van der Waals surface area (Å²) in [7, 11) is 0. The predicted molar refractivity (Wildman–Crippen MR) is 183 cm³/mol. The highest BCUT2D eigenvalue weighted by molar-refractivity contribution is 5.96. The Morgan fingerprint density at radius 3 is 2.44 bits per heavy atom. The molecule has 7 fully saturated rings. The number of hydroxylamine groups is 2. The summed E-state index contributed by atoms with van der Waals surface area (Å²) in [6.45, 7) is 4.68. The summed E-state index contributed by atoms with van der Waals surface area (Å²) >= 11 is 0. The lowest BCUT2D eigenvalue weighted by molar-refractivity contribution is -0.235. The number of aliphatic hydroxyl groups is 2. The summed E-state index contributed by atoms with van der Waals surface area (Å²) in [6, 6.07) is 4.48. The van der Waals surface area contributed by atoms with Crippen LogP contribution in [0.3, 0.4) is 0 Å². The molecule has 9 unspecified atom stereocenters. The van der Waals surface area contributed by atoms with Crippen LogP contribution in [-0.2, 0) is 59.0 Å². The zero-order valence-corrected chi connectivity index (χ0v) is 30.4. The molecule has 4 heterocycles. The van der Waals surface area contributed by atoms with Crippen molar-refractivity contribution in [3.63, 3.8) is 0 Å². The molecule has 4 N–H and O–H groups in total. The van der Waals surface area contributed by atoms with Gasteiger partial charge in [0.1, 0.15) is 42.5 Å². The second-order valence-corrected chi connectivity index (χ2v) is 16.4. The Morgan fingerprint density at radius 2 is 1.80 bits per heavy atom. The van der Waals surface area contributed by atoms with Gasteiger partial charge in [-0.15, -0.1) is 0 Å². The van der Waals surface area contributed by atoms with Gasteiger partial charge in [0.05, 0.1) is 19.3 Å². The number of esters is 3. The van der Waals surface area contributed by atoms with E-state index in [9.17, 15) is 34.2 Å². The van der Waals surface area contributed by atoms with Crippen LogP contribution in [0.5, 0.6) is 0 Å². The van der Waals surface area contributed by atoms with Gasteiger partial charge in [-0.05, 0) is 49.8 Å². The van der Waals surface area contributed by atoms with Crippen LogP contribution in [0.1, 0.15) is 64.0 Å². The number of fused-ring (bicyclic) bond motifs is 4. The van der Waals surface area contributed by atoms with E-state index in [1.165, 1.54) is 18.1 Å². The first-order valence-electron chi connectivity index (χ1n) is 18.8. The van der Waals surface area contributed by atoms with Crippen LogP contribution in [0.2, 0.25) is 0 Å². The van der Waals surface area contributed by atoms with E-state index in [4.69, 9.17) is 28.5 Å². The number of cyclic esters (lactones) is 1. The van der Waals surface area contributed by atoms with Gasteiger partial charge >= 0.3 is 17.9 Å². The molecule has 3 aliphatic carbocycles. The van der Waals surface area contributed by atoms with Gasteiger partial charge in [0.2, 0.25) is 17.9 Å². The molecule has 292 valence electrons. The summed E-state index contributed by atoms with van der Waals surface area (Å²) in [6.07, 6.45) is 0.976. The maximum Gasteiger partial charge on any atom is 0.348 e. The van der Waals surface area contributed by atoms with Crippen molar-refractivity contribution in [1.29, 1.82) is 0 Å². The third-order valence-corrected chi connectivity index (χ3v) is 11.8. The number of hydrogen-bond acceptors (Lipinski definition) is 14. The van der Waals surface area contributed by atoms with Crippen LogP contribution in [-0.4, -0.2) is 119 Å². The lowest BCUT2D eigenvalue weighted by atomic mass is 9.62. The van der Waals surface area contributed by atoms with Gasteiger partial charge in [0, 0.05) is 36.3 Å². The van der Waals surface area contributed by atoms with E-state index in [1.807, 2.05) is 0 Å². The van der Waals surface area contributed by atoms with Gasteiger partial charge in [-0.1, -0.05) is 38.1 Å². The van der Waals surface area contributed by atoms with E-state index in [-0.39, 0.29) is 44.6 Å². The molecule has 1 aromatic carbocycles. The van der Waals surface area contributed by atoms with Crippen molar-refractivity contribution in [3.8, 4) is 0 Å². The molecule has 1 aromatic rings. The predicted octanol–water partition coefficient (Wildman–Crippen LogP) is 0.269. The van der Waals surface area contributed by atoms with Crippen LogP contribution in [0.4, 0.5) is 0 Å². The second-order valence-electron chi connectivity index (χ2n) is 16.4. The largest absolute Gasteiger partial charge is 0.462 e. The van der Waals surface area contributed by atoms with Crippen molar-refractivity contribution in [3.05, 3.63) is 41.5 Å². The quantitative estimate of drug-likeness (QED) is 0.121. The zero-order valence-electron chi connectivity index (χ0n) is 30.4. The number of benzene rings is 1. The zero-order chi connectivity index (χ0) is 38.2. The summed E-state index contributed by atoms with van der Waals surface area (Å²) in [5, 5.41) is 26.5. The molecule has 16 nitrogen and oxygen atoms in total. The smallest absolute Gasteiger partial charge is 0.348 e. The van der Waals surface area contributed by atoms with Gasteiger partial charge in [-0.2, -0.15) is 5.06 Å². The lowest BCUT2D eigenvalue weighted by Gasteiger charge is -2.49. The number of ether oxygens (including phenoxy) is 5. The number of rotatable bonds is 13. The molecule has 9 atom stereocenters. The molecule has 0 radical (unpaired) electrons. The Balaban J connectivity index is 1.08. The van der Waals surface area contributed by atoms with Gasteiger partial charge in [0.25, 0.3) is 0 Å². The number of hydrogen-bond donors (Lipinski definition) is 4. The van der Waals surface area contributed by atoms with Crippen LogP contribution in [0, 0.1) is 22.7 Å². The Morgan fingerprint density at radius 1 is 1.07 bits per heavy atom. The highest BCUT2D eigenvalue weighted by Crippen LogP contribution is 2.63. The molecule has 8 rings (SSSR count). The maximum absolute atomic E-state index is 14.7. The van der Waals surface area contributed by atoms with E-state index in [1.54, 1.807) is 44.2 Å². The fraction of sp³-hybridized carbons (Fsp3) is 0.658. The molecular formula is C38H47N3O13. The minimum absolute atomic E-state index is 0.0235. The van der Waals surface area contributed by atoms with Gasteiger partial charge in [0.15, 0.2) is 11.8 Å². The fourth-order valence-electron chi connectivity index (χ4n) is 8.87. The number of carbonyl (C=O) groups is 5. The number of amides is 2. The van der Waals surface area contributed by atoms with Gasteiger partial charge in [-0.25, -0.2) is 9.59 Å². The van der Waals surface area contributed by atoms with Crippen LogP contribution in [0.25, 0.3) is 6.08 Å². The first-order valence-corrected chi connectivity index (χ1v) is 18.8. The van der Waals surface area contributed by atoms with E-state index >= 15 is 0 Å². The number of aliphatic hydroxyl groups excluding tert-OH is 2. The van der Waals surface area contributed by atoms with E-state index in [0.29, 0.717) is 11.1 Å². The molecule has 4 saturated heterocycles. The molecule has 0 spiro atoms. The Labute approximate surface area is 311 Å². The Bertz CT molecular complexity index is 1730. The molecule has 7 aliphatic rings. The minimum Gasteiger partial charge on any atom is -0.462 e. The number of carbonyl (C=O) groups excluding carboxylic acids is 5. The van der Waals surface area contributed by atoms with E-state index in [2.05, 4.69) is 10.6 Å². The molecule has 3 saturated carbocycles. The van der Waals surface area contributed by atoms with Crippen molar-refractivity contribution in [2.75, 3.05) is 19.8 Å². The normalized spacial score (nSPS) is 34.5. The molecule has 0 aromatic heterocycles. The third-order valence-electron chi connectivity index (χ3n) is 11.8. The topological polar surface area (TPSA) is 208 Å². The molecule has 54 heavy (non-hydrogen) atoms. The summed E-state index contributed by atoms with van der Waals surface area (Å²) < 4.78 is 30.2. The average molecular weight is 754 g/mol. The standard InChI is InChI=1S/C38H47N3O13/c1-19(43)26(32(45)39-13-14-42)40-35(48)37-16-24-27-28(53-38(52-27,22-8-9-22)23-10-11-23)30(37)54-41(29(37)33(46)50-24)17-21-6-4-5-20(15-21)7-12-25(44)51-31-34(47)49-18-36(31,2)3/h4-7,12,15,19,22-24,26-31,42-43H,8-11,13-14,16-18H2,1-3H3,(H,39,45)(H,40,48). The monoisotopic (exact) mass is 753 g/mol. The highest BCUT2D eigenvalue weighted by Gasteiger charge is 2.78. The summed E-state index contributed by atoms with van der Waals surface area (Å²) in [5.74, 6) is -3.84. The number of nitrogens with zero attached hydrogens (tertiary/aromatic N) is 1. The van der Waals surface area contributed by atoms with Crippen molar-refractivity contribution < 1.29 is 62.7 Å². The maximum atomic E-state index is 14.7. The highest BCUT2D eigenvalue weighted by atomic mass is 16.8. The number of nitrogens with one attached hydrogen (secondary N) is 2. The van der Waals surface area contributed by atoms with E-state index in [0.717, 1.165) is 25.7 Å². The lowest BCUT2D eigenvalue weighted by Crippen LogP contribution is -2.71. The molecule has 2 amide bonds. The Hall–Kier alpha value is -3.93. The van der Waals surface area contributed by atoms with E-state index < -0.39 is 95.0 Å². The van der Waals surface area contributed by atoms with Crippen LogP contribution >= 0.6 is 0 Å². The van der Waals surface area contributed by atoms with Gasteiger partial charge in [-0.3, -0.25) is 19.2 Å². The molecular weight excluding hydrogens is 706 g/mol. The van der Waals surface area contributed by atoms with Crippen molar-refractivity contribution in [2.45, 2.75) is 114 Å².